The molecule has 1 aliphatic rings. The SMILES string of the molecule is C#CCn1c(=NC(=O)CCCS(=O)(=O)c2ccccc2)sc2cc3c(cc21)OCO3. The van der Waals surface area contributed by atoms with E-state index in [9.17, 15) is 13.2 Å². The lowest BCUT2D eigenvalue weighted by molar-refractivity contribution is -0.118. The predicted molar refractivity (Wildman–Crippen MR) is 113 cm³/mol. The van der Waals surface area contributed by atoms with Crippen molar-refractivity contribution in [2.75, 3.05) is 12.5 Å². The van der Waals surface area contributed by atoms with E-state index in [-0.39, 0.29) is 36.8 Å². The van der Waals surface area contributed by atoms with Crippen LogP contribution in [0.25, 0.3) is 10.2 Å². The van der Waals surface area contributed by atoms with Crippen molar-refractivity contribution in [2.24, 2.45) is 4.99 Å². The van der Waals surface area contributed by atoms with Gasteiger partial charge >= 0.3 is 0 Å². The minimum absolute atomic E-state index is 0.0269. The third-order valence-corrected chi connectivity index (χ3v) is 7.41. The third-order valence-electron chi connectivity index (χ3n) is 4.55. The number of carbonyl (C=O) groups is 1. The fourth-order valence-corrected chi connectivity index (χ4v) is 5.50. The van der Waals surface area contributed by atoms with Crippen LogP contribution >= 0.6 is 11.3 Å². The number of benzene rings is 2. The largest absolute Gasteiger partial charge is 0.454 e. The molecule has 0 spiro atoms. The Labute approximate surface area is 177 Å². The fourth-order valence-electron chi connectivity index (χ4n) is 3.11. The summed E-state index contributed by atoms with van der Waals surface area (Å²) in [5.41, 5.74) is 0.806. The Kier molecular flexibility index (Phi) is 5.61. The zero-order valence-electron chi connectivity index (χ0n) is 15.9. The topological polar surface area (TPSA) is 87.0 Å². The van der Waals surface area contributed by atoms with Crippen LogP contribution in [0.1, 0.15) is 12.8 Å². The molecule has 2 heterocycles. The highest BCUT2D eigenvalue weighted by Crippen LogP contribution is 2.36. The quantitative estimate of drug-likeness (QED) is 0.548. The molecule has 0 atom stereocenters. The molecule has 2 aromatic carbocycles. The molecule has 0 saturated heterocycles. The summed E-state index contributed by atoms with van der Waals surface area (Å²) in [6.45, 7) is 0.414. The van der Waals surface area contributed by atoms with Gasteiger partial charge in [-0.25, -0.2) is 8.42 Å². The van der Waals surface area contributed by atoms with E-state index >= 15 is 0 Å². The van der Waals surface area contributed by atoms with Crippen LogP contribution in [0.3, 0.4) is 0 Å². The van der Waals surface area contributed by atoms with Gasteiger partial charge in [0.25, 0.3) is 0 Å². The van der Waals surface area contributed by atoms with Gasteiger partial charge in [0.1, 0.15) is 0 Å². The summed E-state index contributed by atoms with van der Waals surface area (Å²) in [4.78, 5) is 17.3. The number of fused-ring (bicyclic) bond motifs is 2. The molecule has 0 aliphatic carbocycles. The smallest absolute Gasteiger partial charge is 0.248 e. The van der Waals surface area contributed by atoms with E-state index in [4.69, 9.17) is 15.9 Å². The first kappa shape index (κ1) is 20.2. The summed E-state index contributed by atoms with van der Waals surface area (Å²) in [5, 5.41) is 0. The first-order chi connectivity index (χ1) is 14.5. The van der Waals surface area contributed by atoms with Crippen molar-refractivity contribution in [3.8, 4) is 23.8 Å². The van der Waals surface area contributed by atoms with Crippen molar-refractivity contribution in [3.05, 3.63) is 47.3 Å². The molecule has 0 radical (unpaired) electrons. The van der Waals surface area contributed by atoms with Crippen LogP contribution in [0, 0.1) is 12.3 Å². The van der Waals surface area contributed by atoms with E-state index in [1.54, 1.807) is 34.9 Å². The molecular weight excluding hydrogens is 424 g/mol. The maximum atomic E-state index is 12.4. The minimum Gasteiger partial charge on any atom is -0.454 e. The molecule has 1 aromatic heterocycles. The van der Waals surface area contributed by atoms with Crippen LogP contribution in [0.2, 0.25) is 0 Å². The molecule has 9 heteroatoms. The number of thiazole rings is 1. The number of hydrogen-bond donors (Lipinski definition) is 0. The van der Waals surface area contributed by atoms with E-state index < -0.39 is 15.7 Å². The van der Waals surface area contributed by atoms with Crippen molar-refractivity contribution < 1.29 is 22.7 Å². The zero-order valence-corrected chi connectivity index (χ0v) is 17.5. The van der Waals surface area contributed by atoms with Crippen molar-refractivity contribution in [2.45, 2.75) is 24.3 Å². The van der Waals surface area contributed by atoms with Crippen LogP contribution < -0.4 is 14.3 Å². The van der Waals surface area contributed by atoms with Gasteiger partial charge in [-0.15, -0.1) is 6.42 Å². The number of carbonyl (C=O) groups excluding carboxylic acids is 1. The van der Waals surface area contributed by atoms with Crippen molar-refractivity contribution in [3.63, 3.8) is 0 Å². The van der Waals surface area contributed by atoms with Crippen LogP contribution in [0.5, 0.6) is 11.5 Å². The Balaban J connectivity index is 1.53. The number of nitrogens with zero attached hydrogens (tertiary/aromatic N) is 2. The monoisotopic (exact) mass is 442 g/mol. The number of rotatable bonds is 6. The van der Waals surface area contributed by atoms with Gasteiger partial charge in [0, 0.05) is 18.6 Å². The molecule has 4 rings (SSSR count). The van der Waals surface area contributed by atoms with Crippen LogP contribution in [-0.2, 0) is 21.2 Å². The highest BCUT2D eigenvalue weighted by Gasteiger charge is 2.18. The summed E-state index contributed by atoms with van der Waals surface area (Å²) in [6, 6.07) is 11.9. The van der Waals surface area contributed by atoms with Crippen molar-refractivity contribution in [1.82, 2.24) is 4.57 Å². The Bertz CT molecular complexity index is 1320. The molecule has 0 bridgehead atoms. The molecule has 7 nitrogen and oxygen atoms in total. The summed E-state index contributed by atoms with van der Waals surface area (Å²) in [7, 11) is -3.42. The highest BCUT2D eigenvalue weighted by atomic mass is 32.2. The number of terminal acetylenes is 1. The molecular formula is C21H18N2O5S2. The second-order valence-corrected chi connectivity index (χ2v) is 9.71. The third kappa shape index (κ3) is 4.10. The Morgan fingerprint density at radius 2 is 1.93 bits per heavy atom. The molecule has 1 aliphatic heterocycles. The molecule has 3 aromatic rings. The molecule has 0 N–H and O–H groups in total. The number of sulfone groups is 1. The summed E-state index contributed by atoms with van der Waals surface area (Å²) >= 11 is 1.32. The first-order valence-corrected chi connectivity index (χ1v) is 11.7. The lowest BCUT2D eigenvalue weighted by atomic mass is 10.3. The van der Waals surface area contributed by atoms with Gasteiger partial charge in [0.2, 0.25) is 12.7 Å². The number of ether oxygens (including phenoxy) is 2. The lowest BCUT2D eigenvalue weighted by Crippen LogP contribution is -2.17. The van der Waals surface area contributed by atoms with E-state index in [0.717, 1.165) is 10.2 Å². The van der Waals surface area contributed by atoms with Gasteiger partial charge in [0.05, 0.1) is 27.4 Å². The number of amides is 1. The fraction of sp³-hybridized carbons (Fsp3) is 0.238. The average molecular weight is 443 g/mol. The van der Waals surface area contributed by atoms with Gasteiger partial charge < -0.3 is 14.0 Å². The maximum Gasteiger partial charge on any atom is 0.248 e. The van der Waals surface area contributed by atoms with Gasteiger partial charge in [-0.1, -0.05) is 35.5 Å². The van der Waals surface area contributed by atoms with E-state index in [1.807, 2.05) is 12.1 Å². The standard InChI is InChI=1S/C21H18N2O5S2/c1-2-10-23-16-12-17-18(28-14-27-17)13-19(16)29-21(23)22-20(24)9-6-11-30(25,26)15-7-4-3-5-8-15/h1,3-5,7-8,12-13H,6,9-11,14H2. The highest BCUT2D eigenvalue weighted by molar-refractivity contribution is 7.91. The Hall–Kier alpha value is -3.09. The lowest BCUT2D eigenvalue weighted by Gasteiger charge is -2.03. The van der Waals surface area contributed by atoms with Gasteiger partial charge in [-0.3, -0.25) is 4.79 Å². The molecule has 0 unspecified atom stereocenters. The summed E-state index contributed by atoms with van der Waals surface area (Å²) in [6.07, 6.45) is 5.71. The second kappa shape index (κ2) is 8.34. The predicted octanol–water partition coefficient (Wildman–Crippen LogP) is 2.75. The molecule has 0 saturated carbocycles. The van der Waals surface area contributed by atoms with Gasteiger partial charge in [-0.2, -0.15) is 4.99 Å². The summed E-state index contributed by atoms with van der Waals surface area (Å²) in [5.74, 6) is 3.32. The van der Waals surface area contributed by atoms with Crippen LogP contribution in [-0.4, -0.2) is 31.4 Å². The molecule has 154 valence electrons. The first-order valence-electron chi connectivity index (χ1n) is 9.20. The number of hydrogen-bond acceptors (Lipinski definition) is 6. The average Bonchev–Trinajstić information content (AvgIpc) is 3.31. The summed E-state index contributed by atoms with van der Waals surface area (Å²) < 4.78 is 38.1. The Morgan fingerprint density at radius 3 is 2.67 bits per heavy atom. The molecule has 30 heavy (non-hydrogen) atoms. The van der Waals surface area contributed by atoms with Crippen LogP contribution in [0.4, 0.5) is 0 Å². The second-order valence-electron chi connectivity index (χ2n) is 6.59. The van der Waals surface area contributed by atoms with Crippen molar-refractivity contribution in [1.29, 1.82) is 0 Å². The van der Waals surface area contributed by atoms with E-state index in [2.05, 4.69) is 10.9 Å². The van der Waals surface area contributed by atoms with Gasteiger partial charge in [0.15, 0.2) is 26.1 Å². The molecule has 1 amide bonds. The zero-order chi connectivity index (χ0) is 21.1. The number of aromatic nitrogens is 1. The molecule has 0 fully saturated rings. The minimum atomic E-state index is -3.42. The van der Waals surface area contributed by atoms with E-state index in [1.165, 1.54) is 11.3 Å². The van der Waals surface area contributed by atoms with Gasteiger partial charge in [-0.05, 0) is 18.6 Å². The van der Waals surface area contributed by atoms with Crippen molar-refractivity contribution >= 4 is 37.3 Å². The Morgan fingerprint density at radius 1 is 1.20 bits per heavy atom. The maximum absolute atomic E-state index is 12.4. The van der Waals surface area contributed by atoms with E-state index in [0.29, 0.717) is 16.3 Å². The van der Waals surface area contributed by atoms with Crippen LogP contribution in [0.15, 0.2) is 52.4 Å². The normalized spacial score (nSPS) is 13.5.